The summed E-state index contributed by atoms with van der Waals surface area (Å²) in [6.45, 7) is 2.44. The van der Waals surface area contributed by atoms with Gasteiger partial charge in [-0.3, -0.25) is 4.79 Å². The normalized spacial score (nSPS) is 20.9. The maximum absolute atomic E-state index is 12.3. The number of amidine groups is 1. The summed E-state index contributed by atoms with van der Waals surface area (Å²) < 4.78 is 0. The van der Waals surface area contributed by atoms with Crippen molar-refractivity contribution in [2.45, 2.75) is 25.8 Å². The summed E-state index contributed by atoms with van der Waals surface area (Å²) in [5.41, 5.74) is 7.97. The number of rotatable bonds is 2. The van der Waals surface area contributed by atoms with Crippen LogP contribution in [0.3, 0.4) is 0 Å². The zero-order chi connectivity index (χ0) is 12.4. The summed E-state index contributed by atoms with van der Waals surface area (Å²) in [4.78, 5) is 18.6. The Hall–Kier alpha value is -1.63. The van der Waals surface area contributed by atoms with Gasteiger partial charge in [0.25, 0.3) is 5.91 Å². The molecule has 2 rings (SSSR count). The Morgan fingerprint density at radius 1 is 1.76 bits per heavy atom. The predicted molar refractivity (Wildman–Crippen MR) is 64.3 cm³/mol. The molecule has 92 valence electrons. The average Bonchev–Trinajstić information content (AvgIpc) is 2.95. The van der Waals surface area contributed by atoms with E-state index in [0.29, 0.717) is 11.4 Å². The minimum absolute atomic E-state index is 0.0842. The number of hydrogen-bond donors (Lipinski definition) is 2. The molecule has 0 aromatic carbocycles. The van der Waals surface area contributed by atoms with Crippen LogP contribution in [0, 0.1) is 6.92 Å². The van der Waals surface area contributed by atoms with Crippen molar-refractivity contribution < 1.29 is 10.0 Å². The van der Waals surface area contributed by atoms with Gasteiger partial charge >= 0.3 is 0 Å². The molecular weight excluding hydrogens is 240 g/mol. The van der Waals surface area contributed by atoms with E-state index in [2.05, 4.69) is 10.1 Å². The Bertz CT molecular complexity index is 457. The van der Waals surface area contributed by atoms with Crippen molar-refractivity contribution in [2.75, 3.05) is 6.54 Å². The van der Waals surface area contributed by atoms with Gasteiger partial charge in [-0.25, -0.2) is 4.98 Å². The fraction of sp³-hybridized carbons (Fsp3) is 0.500. The average molecular weight is 254 g/mol. The number of thiazole rings is 1. The minimum atomic E-state index is -0.297. The van der Waals surface area contributed by atoms with E-state index in [4.69, 9.17) is 10.9 Å². The van der Waals surface area contributed by atoms with Crippen LogP contribution in [0.25, 0.3) is 0 Å². The number of aryl methyl sites for hydroxylation is 1. The first kappa shape index (κ1) is 11.8. The highest BCUT2D eigenvalue weighted by molar-refractivity contribution is 7.11. The molecule has 7 heteroatoms. The first-order valence-electron chi connectivity index (χ1n) is 5.33. The number of nitrogens with two attached hydrogens (primary N) is 1. The molecule has 0 spiro atoms. The van der Waals surface area contributed by atoms with Crippen LogP contribution in [0.1, 0.15) is 28.2 Å². The van der Waals surface area contributed by atoms with Crippen LogP contribution in [0.5, 0.6) is 0 Å². The van der Waals surface area contributed by atoms with E-state index >= 15 is 0 Å². The minimum Gasteiger partial charge on any atom is -0.409 e. The van der Waals surface area contributed by atoms with Crippen LogP contribution in [0.15, 0.2) is 10.7 Å². The van der Waals surface area contributed by atoms with Gasteiger partial charge in [-0.2, -0.15) is 0 Å². The Labute approximate surface area is 103 Å². The maximum Gasteiger partial charge on any atom is 0.266 e. The third kappa shape index (κ3) is 2.10. The fourth-order valence-electron chi connectivity index (χ4n) is 2.02. The van der Waals surface area contributed by atoms with Gasteiger partial charge in [0.05, 0.1) is 17.2 Å². The van der Waals surface area contributed by atoms with E-state index < -0.39 is 0 Å². The Kier molecular flexibility index (Phi) is 3.28. The second kappa shape index (κ2) is 4.70. The third-order valence-electron chi connectivity index (χ3n) is 2.91. The highest BCUT2D eigenvalue weighted by Gasteiger charge is 2.33. The molecule has 1 unspecified atom stereocenters. The van der Waals surface area contributed by atoms with E-state index in [1.54, 1.807) is 17.3 Å². The van der Waals surface area contributed by atoms with Crippen molar-refractivity contribution in [1.82, 2.24) is 9.88 Å². The van der Waals surface area contributed by atoms with Crippen LogP contribution in [-0.2, 0) is 0 Å². The number of aromatic nitrogens is 1. The first-order chi connectivity index (χ1) is 8.15. The van der Waals surface area contributed by atoms with E-state index in [0.717, 1.165) is 18.5 Å². The standard InChI is InChI=1S/C10H14N4O2S/c1-6-8(17-5-12-6)10(15)14-4-2-3-7(14)9(11)13-16/h5,7,16H,2-4H2,1H3,(H2,11,13). The molecule has 1 aromatic heterocycles. The summed E-state index contributed by atoms with van der Waals surface area (Å²) in [6.07, 6.45) is 1.60. The van der Waals surface area contributed by atoms with Crippen LogP contribution < -0.4 is 5.73 Å². The number of oxime groups is 1. The zero-order valence-corrected chi connectivity index (χ0v) is 10.3. The van der Waals surface area contributed by atoms with Gasteiger partial charge in [-0.05, 0) is 19.8 Å². The van der Waals surface area contributed by atoms with Crippen molar-refractivity contribution in [2.24, 2.45) is 10.9 Å². The van der Waals surface area contributed by atoms with E-state index in [1.165, 1.54) is 11.3 Å². The molecule has 2 heterocycles. The van der Waals surface area contributed by atoms with E-state index in [1.807, 2.05) is 0 Å². The number of amides is 1. The molecule has 1 saturated heterocycles. The smallest absolute Gasteiger partial charge is 0.266 e. The largest absolute Gasteiger partial charge is 0.409 e. The maximum atomic E-state index is 12.3. The Morgan fingerprint density at radius 2 is 2.53 bits per heavy atom. The molecule has 1 amide bonds. The lowest BCUT2D eigenvalue weighted by molar-refractivity contribution is 0.0772. The van der Waals surface area contributed by atoms with Crippen LogP contribution in [0.4, 0.5) is 0 Å². The van der Waals surface area contributed by atoms with E-state index in [9.17, 15) is 4.79 Å². The molecule has 1 aromatic rings. The second-order valence-corrected chi connectivity index (χ2v) is 4.80. The molecule has 3 N–H and O–H groups in total. The quantitative estimate of drug-likeness (QED) is 0.353. The second-order valence-electron chi connectivity index (χ2n) is 3.95. The van der Waals surface area contributed by atoms with Crippen molar-refractivity contribution in [3.05, 3.63) is 16.1 Å². The summed E-state index contributed by atoms with van der Waals surface area (Å²) in [5, 5.41) is 11.7. The van der Waals surface area contributed by atoms with Crippen molar-refractivity contribution in [3.8, 4) is 0 Å². The zero-order valence-electron chi connectivity index (χ0n) is 9.46. The van der Waals surface area contributed by atoms with Crippen LogP contribution in [0.2, 0.25) is 0 Å². The molecule has 1 aliphatic heterocycles. The fourth-order valence-corrected chi connectivity index (χ4v) is 2.78. The topological polar surface area (TPSA) is 91.8 Å². The number of carbonyl (C=O) groups excluding carboxylic acids is 1. The van der Waals surface area contributed by atoms with Crippen molar-refractivity contribution >= 4 is 23.1 Å². The van der Waals surface area contributed by atoms with Gasteiger partial charge in [-0.1, -0.05) is 5.16 Å². The number of hydrogen-bond acceptors (Lipinski definition) is 5. The first-order valence-corrected chi connectivity index (χ1v) is 6.21. The lowest BCUT2D eigenvalue weighted by Gasteiger charge is -2.23. The Balaban J connectivity index is 2.23. The molecular formula is C10H14N4O2S. The van der Waals surface area contributed by atoms with Gasteiger partial charge in [-0.15, -0.1) is 11.3 Å². The highest BCUT2D eigenvalue weighted by atomic mass is 32.1. The predicted octanol–water partition coefficient (Wildman–Crippen LogP) is 0.803. The van der Waals surface area contributed by atoms with Gasteiger partial charge in [0.1, 0.15) is 4.88 Å². The summed E-state index contributed by atoms with van der Waals surface area (Å²) in [6, 6.07) is -0.297. The molecule has 0 radical (unpaired) electrons. The van der Waals surface area contributed by atoms with Gasteiger partial charge in [0.15, 0.2) is 5.84 Å². The van der Waals surface area contributed by atoms with Crippen molar-refractivity contribution in [3.63, 3.8) is 0 Å². The molecule has 0 aliphatic carbocycles. The number of nitrogens with zero attached hydrogens (tertiary/aromatic N) is 3. The lowest BCUT2D eigenvalue weighted by atomic mass is 10.2. The van der Waals surface area contributed by atoms with Gasteiger partial charge in [0.2, 0.25) is 0 Å². The highest BCUT2D eigenvalue weighted by Crippen LogP contribution is 2.23. The third-order valence-corrected chi connectivity index (χ3v) is 3.83. The van der Waals surface area contributed by atoms with Gasteiger partial charge < -0.3 is 15.8 Å². The molecule has 1 fully saturated rings. The lowest BCUT2D eigenvalue weighted by Crippen LogP contribution is -2.43. The summed E-state index contributed by atoms with van der Waals surface area (Å²) >= 11 is 1.32. The SMILES string of the molecule is Cc1ncsc1C(=O)N1CCCC1C(N)=NO. The molecule has 0 bridgehead atoms. The summed E-state index contributed by atoms with van der Waals surface area (Å²) in [5.74, 6) is 0.0112. The Morgan fingerprint density at radius 3 is 3.12 bits per heavy atom. The molecule has 17 heavy (non-hydrogen) atoms. The molecule has 1 aliphatic rings. The van der Waals surface area contributed by atoms with Crippen LogP contribution >= 0.6 is 11.3 Å². The number of carbonyl (C=O) groups is 1. The van der Waals surface area contributed by atoms with Crippen LogP contribution in [-0.4, -0.2) is 39.4 Å². The molecule has 0 saturated carbocycles. The molecule has 1 atom stereocenters. The van der Waals surface area contributed by atoms with Gasteiger partial charge in [0, 0.05) is 6.54 Å². The van der Waals surface area contributed by atoms with E-state index in [-0.39, 0.29) is 17.8 Å². The monoisotopic (exact) mass is 254 g/mol. The summed E-state index contributed by atoms with van der Waals surface area (Å²) in [7, 11) is 0. The van der Waals surface area contributed by atoms with Crippen molar-refractivity contribution in [1.29, 1.82) is 0 Å². The number of likely N-dealkylation sites (tertiary alicyclic amines) is 1. The molecule has 6 nitrogen and oxygen atoms in total.